The van der Waals surface area contributed by atoms with Crippen LogP contribution in [0.5, 0.6) is 5.75 Å². The molecule has 0 saturated carbocycles. The predicted octanol–water partition coefficient (Wildman–Crippen LogP) is 2.72. The van der Waals surface area contributed by atoms with E-state index in [2.05, 4.69) is 34.9 Å². The summed E-state index contributed by atoms with van der Waals surface area (Å²) in [6.07, 6.45) is 1.22. The standard InChI is InChI=1S/C18H22N2O/c1-2-4-16(5-3-1)14-21-18-8-6-15(7-9-18)12-20-17-10-11-19-13-17/h1-9,17,19-20H,10-14H2. The average Bonchev–Trinajstić information content (AvgIpc) is 3.06. The van der Waals surface area contributed by atoms with Gasteiger partial charge < -0.3 is 15.4 Å². The van der Waals surface area contributed by atoms with Gasteiger partial charge in [-0.2, -0.15) is 0 Å². The minimum atomic E-state index is 0.610. The fourth-order valence-corrected chi connectivity index (χ4v) is 2.54. The summed E-state index contributed by atoms with van der Waals surface area (Å²) in [4.78, 5) is 0. The highest BCUT2D eigenvalue weighted by atomic mass is 16.5. The van der Waals surface area contributed by atoms with Crippen LogP contribution in [0.15, 0.2) is 54.6 Å². The van der Waals surface area contributed by atoms with E-state index in [0.717, 1.165) is 25.4 Å². The number of hydrogen-bond donors (Lipinski definition) is 2. The van der Waals surface area contributed by atoms with Gasteiger partial charge in [-0.3, -0.25) is 0 Å². The maximum absolute atomic E-state index is 5.79. The second-order valence-electron chi connectivity index (χ2n) is 5.49. The molecule has 2 aromatic carbocycles. The SMILES string of the molecule is c1ccc(COc2ccc(CNC3CCNC3)cc2)cc1. The Morgan fingerprint density at radius 2 is 1.81 bits per heavy atom. The van der Waals surface area contributed by atoms with Crippen molar-refractivity contribution in [3.05, 3.63) is 65.7 Å². The van der Waals surface area contributed by atoms with Crippen LogP contribution >= 0.6 is 0 Å². The molecule has 0 radical (unpaired) electrons. The molecule has 1 aliphatic heterocycles. The Morgan fingerprint density at radius 1 is 1.00 bits per heavy atom. The first kappa shape index (κ1) is 14.1. The third-order valence-corrected chi connectivity index (χ3v) is 3.83. The van der Waals surface area contributed by atoms with E-state index in [-0.39, 0.29) is 0 Å². The molecule has 110 valence electrons. The summed E-state index contributed by atoms with van der Waals surface area (Å²) < 4.78 is 5.79. The van der Waals surface area contributed by atoms with Crippen molar-refractivity contribution >= 4 is 0 Å². The molecule has 1 atom stereocenters. The molecule has 1 fully saturated rings. The third kappa shape index (κ3) is 4.31. The molecule has 1 aliphatic rings. The van der Waals surface area contributed by atoms with E-state index in [1.807, 2.05) is 30.3 Å². The fourth-order valence-electron chi connectivity index (χ4n) is 2.54. The normalized spacial score (nSPS) is 17.8. The van der Waals surface area contributed by atoms with E-state index in [4.69, 9.17) is 4.74 Å². The number of benzene rings is 2. The summed E-state index contributed by atoms with van der Waals surface area (Å²) >= 11 is 0. The molecule has 1 heterocycles. The molecule has 2 aromatic rings. The van der Waals surface area contributed by atoms with Crippen LogP contribution in [0.3, 0.4) is 0 Å². The van der Waals surface area contributed by atoms with Crippen LogP contribution in [-0.4, -0.2) is 19.1 Å². The fraction of sp³-hybridized carbons (Fsp3) is 0.333. The Hall–Kier alpha value is -1.84. The second-order valence-corrected chi connectivity index (χ2v) is 5.49. The molecule has 3 heteroatoms. The molecule has 3 rings (SSSR count). The van der Waals surface area contributed by atoms with Crippen molar-refractivity contribution in [1.82, 2.24) is 10.6 Å². The van der Waals surface area contributed by atoms with Gasteiger partial charge in [0.1, 0.15) is 12.4 Å². The zero-order chi connectivity index (χ0) is 14.3. The summed E-state index contributed by atoms with van der Waals surface area (Å²) in [5.74, 6) is 0.921. The van der Waals surface area contributed by atoms with Crippen molar-refractivity contribution in [2.75, 3.05) is 13.1 Å². The highest BCUT2D eigenvalue weighted by Crippen LogP contribution is 2.14. The van der Waals surface area contributed by atoms with E-state index < -0.39 is 0 Å². The number of ether oxygens (including phenoxy) is 1. The lowest BCUT2D eigenvalue weighted by atomic mass is 10.2. The lowest BCUT2D eigenvalue weighted by Gasteiger charge is -2.12. The lowest BCUT2D eigenvalue weighted by molar-refractivity contribution is 0.306. The van der Waals surface area contributed by atoms with E-state index >= 15 is 0 Å². The topological polar surface area (TPSA) is 33.3 Å². The van der Waals surface area contributed by atoms with Gasteiger partial charge in [-0.1, -0.05) is 42.5 Å². The molecular weight excluding hydrogens is 260 g/mol. The molecule has 0 amide bonds. The summed E-state index contributed by atoms with van der Waals surface area (Å²) in [7, 11) is 0. The number of nitrogens with one attached hydrogen (secondary N) is 2. The van der Waals surface area contributed by atoms with E-state index in [1.54, 1.807) is 0 Å². The molecule has 1 saturated heterocycles. The Balaban J connectivity index is 1.47. The monoisotopic (exact) mass is 282 g/mol. The van der Waals surface area contributed by atoms with Crippen LogP contribution in [0, 0.1) is 0 Å². The second kappa shape index (κ2) is 7.25. The van der Waals surface area contributed by atoms with Crippen LogP contribution in [0.1, 0.15) is 17.5 Å². The minimum absolute atomic E-state index is 0.610. The Labute approximate surface area is 126 Å². The van der Waals surface area contributed by atoms with Crippen molar-refractivity contribution in [3.8, 4) is 5.75 Å². The molecule has 21 heavy (non-hydrogen) atoms. The van der Waals surface area contributed by atoms with Crippen LogP contribution in [0.25, 0.3) is 0 Å². The highest BCUT2D eigenvalue weighted by molar-refractivity contribution is 5.27. The van der Waals surface area contributed by atoms with Gasteiger partial charge in [0.15, 0.2) is 0 Å². The first-order chi connectivity index (χ1) is 10.4. The van der Waals surface area contributed by atoms with Crippen molar-refractivity contribution in [1.29, 1.82) is 0 Å². The zero-order valence-electron chi connectivity index (χ0n) is 12.2. The molecule has 2 N–H and O–H groups in total. The van der Waals surface area contributed by atoms with Crippen LogP contribution in [0.4, 0.5) is 0 Å². The largest absolute Gasteiger partial charge is 0.489 e. The lowest BCUT2D eigenvalue weighted by Crippen LogP contribution is -2.30. The van der Waals surface area contributed by atoms with Crippen molar-refractivity contribution in [2.45, 2.75) is 25.6 Å². The van der Waals surface area contributed by atoms with Crippen LogP contribution < -0.4 is 15.4 Å². The Morgan fingerprint density at radius 3 is 2.52 bits per heavy atom. The smallest absolute Gasteiger partial charge is 0.119 e. The van der Waals surface area contributed by atoms with Gasteiger partial charge in [0.05, 0.1) is 0 Å². The van der Waals surface area contributed by atoms with E-state index in [0.29, 0.717) is 12.6 Å². The Kier molecular flexibility index (Phi) is 4.87. The van der Waals surface area contributed by atoms with E-state index in [1.165, 1.54) is 17.5 Å². The van der Waals surface area contributed by atoms with Crippen molar-refractivity contribution in [3.63, 3.8) is 0 Å². The predicted molar refractivity (Wildman–Crippen MR) is 85.3 cm³/mol. The van der Waals surface area contributed by atoms with Crippen molar-refractivity contribution in [2.24, 2.45) is 0 Å². The van der Waals surface area contributed by atoms with Crippen molar-refractivity contribution < 1.29 is 4.74 Å². The molecule has 0 spiro atoms. The molecular formula is C18H22N2O. The highest BCUT2D eigenvalue weighted by Gasteiger charge is 2.12. The summed E-state index contributed by atoms with van der Waals surface area (Å²) in [6.45, 7) is 3.75. The summed E-state index contributed by atoms with van der Waals surface area (Å²) in [5.41, 5.74) is 2.49. The summed E-state index contributed by atoms with van der Waals surface area (Å²) in [5, 5.41) is 6.94. The first-order valence-electron chi connectivity index (χ1n) is 7.60. The first-order valence-corrected chi connectivity index (χ1v) is 7.60. The van der Waals surface area contributed by atoms with Gasteiger partial charge in [-0.25, -0.2) is 0 Å². The zero-order valence-corrected chi connectivity index (χ0v) is 12.2. The van der Waals surface area contributed by atoms with Gasteiger partial charge in [0, 0.05) is 19.1 Å². The maximum atomic E-state index is 5.79. The number of rotatable bonds is 6. The average molecular weight is 282 g/mol. The Bertz CT molecular complexity index is 533. The van der Waals surface area contributed by atoms with Gasteiger partial charge in [0.25, 0.3) is 0 Å². The molecule has 3 nitrogen and oxygen atoms in total. The molecule has 0 bridgehead atoms. The van der Waals surface area contributed by atoms with Gasteiger partial charge in [-0.05, 0) is 36.2 Å². The van der Waals surface area contributed by atoms with Gasteiger partial charge >= 0.3 is 0 Å². The van der Waals surface area contributed by atoms with Gasteiger partial charge in [-0.15, -0.1) is 0 Å². The number of hydrogen-bond acceptors (Lipinski definition) is 3. The molecule has 0 aromatic heterocycles. The van der Waals surface area contributed by atoms with Crippen LogP contribution in [-0.2, 0) is 13.2 Å². The quantitative estimate of drug-likeness (QED) is 0.854. The van der Waals surface area contributed by atoms with E-state index in [9.17, 15) is 0 Å². The third-order valence-electron chi connectivity index (χ3n) is 3.83. The maximum Gasteiger partial charge on any atom is 0.119 e. The molecule has 0 aliphatic carbocycles. The minimum Gasteiger partial charge on any atom is -0.489 e. The molecule has 1 unspecified atom stereocenters. The summed E-state index contributed by atoms with van der Waals surface area (Å²) in [6, 6.07) is 19.2. The van der Waals surface area contributed by atoms with Crippen LogP contribution in [0.2, 0.25) is 0 Å². The van der Waals surface area contributed by atoms with Gasteiger partial charge in [0.2, 0.25) is 0 Å².